The smallest absolute Gasteiger partial charge is 0.237 e. The second kappa shape index (κ2) is 5.83. The standard InChI is InChI=1S/C13H25N3O/c1-3-16-8-4-5-11(9-16)15-13(17)12-10(2)6-7-14-12/h10-12,14H,3-9H2,1-2H3,(H,15,17). The van der Waals surface area contributed by atoms with Crippen molar-refractivity contribution in [2.75, 3.05) is 26.2 Å². The first-order valence-corrected chi connectivity index (χ1v) is 6.96. The van der Waals surface area contributed by atoms with Crippen molar-refractivity contribution >= 4 is 5.91 Å². The van der Waals surface area contributed by atoms with Crippen LogP contribution in [0.25, 0.3) is 0 Å². The van der Waals surface area contributed by atoms with E-state index in [1.165, 1.54) is 13.0 Å². The van der Waals surface area contributed by atoms with Crippen LogP contribution in [-0.2, 0) is 4.79 Å². The minimum atomic E-state index is 0.0343. The molecular formula is C13H25N3O. The normalized spacial score (nSPS) is 34.8. The van der Waals surface area contributed by atoms with Crippen molar-refractivity contribution in [3.8, 4) is 0 Å². The van der Waals surface area contributed by atoms with Crippen LogP contribution in [0.3, 0.4) is 0 Å². The molecule has 2 saturated heterocycles. The summed E-state index contributed by atoms with van der Waals surface area (Å²) in [5.74, 6) is 0.679. The molecule has 17 heavy (non-hydrogen) atoms. The van der Waals surface area contributed by atoms with Gasteiger partial charge in [-0.15, -0.1) is 0 Å². The molecule has 0 radical (unpaired) electrons. The predicted molar refractivity (Wildman–Crippen MR) is 68.9 cm³/mol. The van der Waals surface area contributed by atoms with Crippen LogP contribution in [0.5, 0.6) is 0 Å². The van der Waals surface area contributed by atoms with Gasteiger partial charge in [-0.1, -0.05) is 13.8 Å². The van der Waals surface area contributed by atoms with E-state index in [0.717, 1.165) is 32.5 Å². The van der Waals surface area contributed by atoms with E-state index in [2.05, 4.69) is 29.4 Å². The van der Waals surface area contributed by atoms with E-state index >= 15 is 0 Å². The summed E-state index contributed by atoms with van der Waals surface area (Å²) in [6, 6.07) is 0.387. The van der Waals surface area contributed by atoms with Gasteiger partial charge in [-0.25, -0.2) is 0 Å². The van der Waals surface area contributed by atoms with Gasteiger partial charge >= 0.3 is 0 Å². The molecule has 0 saturated carbocycles. The molecule has 98 valence electrons. The number of hydrogen-bond acceptors (Lipinski definition) is 3. The summed E-state index contributed by atoms with van der Waals surface area (Å²) in [7, 11) is 0. The van der Waals surface area contributed by atoms with Gasteiger partial charge in [-0.3, -0.25) is 4.79 Å². The van der Waals surface area contributed by atoms with Gasteiger partial charge in [0, 0.05) is 12.6 Å². The third kappa shape index (κ3) is 3.19. The molecule has 0 aromatic heterocycles. The Morgan fingerprint density at radius 2 is 2.29 bits per heavy atom. The maximum Gasteiger partial charge on any atom is 0.237 e. The molecule has 0 aromatic rings. The van der Waals surface area contributed by atoms with Gasteiger partial charge in [-0.05, 0) is 44.8 Å². The van der Waals surface area contributed by atoms with E-state index < -0.39 is 0 Å². The molecule has 4 nitrogen and oxygen atoms in total. The Morgan fingerprint density at radius 1 is 1.47 bits per heavy atom. The monoisotopic (exact) mass is 239 g/mol. The number of nitrogens with zero attached hydrogens (tertiary/aromatic N) is 1. The maximum absolute atomic E-state index is 12.1. The summed E-state index contributed by atoms with van der Waals surface area (Å²) in [6.45, 7) is 8.61. The van der Waals surface area contributed by atoms with Crippen LogP contribution in [0.15, 0.2) is 0 Å². The topological polar surface area (TPSA) is 44.4 Å². The molecule has 2 rings (SSSR count). The van der Waals surface area contributed by atoms with Crippen molar-refractivity contribution in [1.29, 1.82) is 0 Å². The number of amides is 1. The minimum Gasteiger partial charge on any atom is -0.351 e. The molecule has 1 amide bonds. The lowest BCUT2D eigenvalue weighted by atomic mass is 10.0. The number of carbonyl (C=O) groups excluding carboxylic acids is 1. The predicted octanol–water partition coefficient (Wildman–Crippen LogP) is 0.585. The van der Waals surface area contributed by atoms with Gasteiger partial charge in [0.1, 0.15) is 0 Å². The number of piperidine rings is 1. The van der Waals surface area contributed by atoms with E-state index in [-0.39, 0.29) is 11.9 Å². The highest BCUT2D eigenvalue weighted by molar-refractivity contribution is 5.82. The number of likely N-dealkylation sites (N-methyl/N-ethyl adjacent to an activating group) is 1. The van der Waals surface area contributed by atoms with E-state index in [1.54, 1.807) is 0 Å². The van der Waals surface area contributed by atoms with Crippen LogP contribution >= 0.6 is 0 Å². The first-order chi connectivity index (χ1) is 8.20. The molecule has 3 atom stereocenters. The highest BCUT2D eigenvalue weighted by Gasteiger charge is 2.31. The maximum atomic E-state index is 12.1. The molecule has 2 N–H and O–H groups in total. The zero-order chi connectivity index (χ0) is 12.3. The van der Waals surface area contributed by atoms with Crippen LogP contribution < -0.4 is 10.6 Å². The number of carbonyl (C=O) groups is 1. The minimum absolute atomic E-state index is 0.0343. The van der Waals surface area contributed by atoms with Crippen molar-refractivity contribution in [2.45, 2.75) is 45.2 Å². The summed E-state index contributed by atoms with van der Waals surface area (Å²) < 4.78 is 0. The Bertz CT molecular complexity index is 269. The molecule has 2 heterocycles. The second-order valence-electron chi connectivity index (χ2n) is 5.44. The van der Waals surface area contributed by atoms with E-state index in [9.17, 15) is 4.79 Å². The van der Waals surface area contributed by atoms with Gasteiger partial charge in [0.05, 0.1) is 6.04 Å². The van der Waals surface area contributed by atoms with Crippen LogP contribution in [0.1, 0.15) is 33.1 Å². The molecule has 0 aromatic carbocycles. The lowest BCUT2D eigenvalue weighted by molar-refractivity contribution is -0.124. The fourth-order valence-electron chi connectivity index (χ4n) is 2.94. The third-order valence-electron chi connectivity index (χ3n) is 4.11. The highest BCUT2D eigenvalue weighted by Crippen LogP contribution is 2.16. The van der Waals surface area contributed by atoms with E-state index in [1.807, 2.05) is 0 Å². The Hall–Kier alpha value is -0.610. The fraction of sp³-hybridized carbons (Fsp3) is 0.923. The molecule has 2 aliphatic rings. The Morgan fingerprint density at radius 3 is 2.94 bits per heavy atom. The van der Waals surface area contributed by atoms with Crippen LogP contribution in [0.2, 0.25) is 0 Å². The number of hydrogen-bond donors (Lipinski definition) is 2. The zero-order valence-corrected chi connectivity index (χ0v) is 11.0. The number of rotatable bonds is 3. The zero-order valence-electron chi connectivity index (χ0n) is 11.0. The molecule has 0 bridgehead atoms. The Kier molecular flexibility index (Phi) is 4.40. The Labute approximate surface area is 104 Å². The van der Waals surface area contributed by atoms with Crippen molar-refractivity contribution < 1.29 is 4.79 Å². The molecule has 0 spiro atoms. The van der Waals surface area contributed by atoms with E-state index in [0.29, 0.717) is 12.0 Å². The SMILES string of the molecule is CCN1CCCC(NC(=O)C2NCCC2C)C1. The Balaban J connectivity index is 1.81. The first kappa shape index (κ1) is 12.8. The van der Waals surface area contributed by atoms with Crippen LogP contribution in [0.4, 0.5) is 0 Å². The lowest BCUT2D eigenvalue weighted by Crippen LogP contribution is -2.52. The van der Waals surface area contributed by atoms with Gasteiger partial charge < -0.3 is 15.5 Å². The summed E-state index contributed by atoms with van der Waals surface area (Å²) in [5, 5.41) is 6.51. The summed E-state index contributed by atoms with van der Waals surface area (Å²) in [5.41, 5.74) is 0. The molecule has 0 aliphatic carbocycles. The average Bonchev–Trinajstić information content (AvgIpc) is 2.76. The number of nitrogens with one attached hydrogen (secondary N) is 2. The second-order valence-corrected chi connectivity index (χ2v) is 5.44. The van der Waals surface area contributed by atoms with Crippen LogP contribution in [-0.4, -0.2) is 49.1 Å². The van der Waals surface area contributed by atoms with Crippen LogP contribution in [0, 0.1) is 5.92 Å². The third-order valence-corrected chi connectivity index (χ3v) is 4.11. The summed E-state index contributed by atoms with van der Waals surface area (Å²) >= 11 is 0. The van der Waals surface area contributed by atoms with Gasteiger partial charge in [-0.2, -0.15) is 0 Å². The summed E-state index contributed by atoms with van der Waals surface area (Å²) in [4.78, 5) is 14.5. The molecule has 3 unspecified atom stereocenters. The van der Waals surface area contributed by atoms with Crippen molar-refractivity contribution in [1.82, 2.24) is 15.5 Å². The van der Waals surface area contributed by atoms with Gasteiger partial charge in [0.15, 0.2) is 0 Å². The average molecular weight is 239 g/mol. The van der Waals surface area contributed by atoms with Crippen molar-refractivity contribution in [2.24, 2.45) is 5.92 Å². The highest BCUT2D eigenvalue weighted by atomic mass is 16.2. The lowest BCUT2D eigenvalue weighted by Gasteiger charge is -2.33. The summed E-state index contributed by atoms with van der Waals surface area (Å²) in [6.07, 6.45) is 3.44. The molecule has 2 fully saturated rings. The number of likely N-dealkylation sites (tertiary alicyclic amines) is 1. The van der Waals surface area contributed by atoms with Crippen molar-refractivity contribution in [3.63, 3.8) is 0 Å². The quantitative estimate of drug-likeness (QED) is 0.757. The van der Waals surface area contributed by atoms with E-state index in [4.69, 9.17) is 0 Å². The fourth-order valence-corrected chi connectivity index (χ4v) is 2.94. The largest absolute Gasteiger partial charge is 0.351 e. The van der Waals surface area contributed by atoms with Crippen molar-refractivity contribution in [3.05, 3.63) is 0 Å². The first-order valence-electron chi connectivity index (χ1n) is 6.96. The molecular weight excluding hydrogens is 214 g/mol. The molecule has 2 aliphatic heterocycles. The molecule has 4 heteroatoms. The van der Waals surface area contributed by atoms with Gasteiger partial charge in [0.25, 0.3) is 0 Å². The van der Waals surface area contributed by atoms with Gasteiger partial charge in [0.2, 0.25) is 5.91 Å².